The zero-order valence-electron chi connectivity index (χ0n) is 9.37. The molecular weight excluding hydrogens is 196 g/mol. The van der Waals surface area contributed by atoms with Crippen LogP contribution in [0.25, 0.3) is 0 Å². The first kappa shape index (κ1) is 9.86. The Morgan fingerprint density at radius 3 is 3.12 bits per heavy atom. The minimum atomic E-state index is 0.644. The Labute approximate surface area is 96.3 Å². The van der Waals surface area contributed by atoms with Crippen LogP contribution in [0.3, 0.4) is 0 Å². The molecule has 2 aliphatic rings. The maximum absolute atomic E-state index is 8.97. The average molecular weight is 212 g/mol. The Morgan fingerprint density at radius 1 is 1.31 bits per heavy atom. The summed E-state index contributed by atoms with van der Waals surface area (Å²) in [6, 6.07) is 9.12. The van der Waals surface area contributed by atoms with Crippen LogP contribution >= 0.6 is 0 Å². The molecule has 0 radical (unpaired) electrons. The Balaban J connectivity index is 2.02. The number of nitrogens with zero attached hydrogens (tertiary/aromatic N) is 1. The van der Waals surface area contributed by atoms with Crippen molar-refractivity contribution in [3.8, 4) is 6.07 Å². The largest absolute Gasteiger partial charge is 0.313 e. The quantitative estimate of drug-likeness (QED) is 0.716. The van der Waals surface area contributed by atoms with E-state index in [-0.39, 0.29) is 0 Å². The number of fused-ring (bicyclic) bond motifs is 3. The van der Waals surface area contributed by atoms with Gasteiger partial charge in [0.25, 0.3) is 0 Å². The Kier molecular flexibility index (Phi) is 2.41. The van der Waals surface area contributed by atoms with Gasteiger partial charge in [-0.15, -0.1) is 0 Å². The molecule has 1 N–H and O–H groups in total. The van der Waals surface area contributed by atoms with Gasteiger partial charge in [-0.3, -0.25) is 0 Å². The van der Waals surface area contributed by atoms with E-state index >= 15 is 0 Å². The van der Waals surface area contributed by atoms with Crippen LogP contribution in [0.2, 0.25) is 0 Å². The third-order valence-electron chi connectivity index (χ3n) is 3.98. The van der Waals surface area contributed by atoms with Crippen molar-refractivity contribution >= 4 is 0 Å². The molecule has 3 rings (SSSR count). The van der Waals surface area contributed by atoms with Crippen molar-refractivity contribution < 1.29 is 0 Å². The molecule has 82 valence electrons. The standard InChI is InChI=1S/C14H16N2/c15-9-10-3-4-11-5-6-14-12(13(11)8-10)2-1-7-16-14/h3-4,8,12,14,16H,1-2,5-7H2/t12-,14+/m1/s1. The number of benzene rings is 1. The zero-order valence-corrected chi connectivity index (χ0v) is 9.37. The van der Waals surface area contributed by atoms with Crippen molar-refractivity contribution in [1.82, 2.24) is 5.32 Å². The second-order valence-electron chi connectivity index (χ2n) is 4.87. The Morgan fingerprint density at radius 2 is 2.25 bits per heavy atom. The minimum absolute atomic E-state index is 0.644. The topological polar surface area (TPSA) is 35.8 Å². The number of aryl methyl sites for hydroxylation is 1. The van der Waals surface area contributed by atoms with Crippen molar-refractivity contribution in [1.29, 1.82) is 5.26 Å². The van der Waals surface area contributed by atoms with Crippen LogP contribution in [0.1, 0.15) is 41.9 Å². The van der Waals surface area contributed by atoms with Crippen molar-refractivity contribution in [2.24, 2.45) is 0 Å². The number of hydrogen-bond donors (Lipinski definition) is 1. The molecule has 2 nitrogen and oxygen atoms in total. The van der Waals surface area contributed by atoms with E-state index in [0.29, 0.717) is 12.0 Å². The first-order valence-corrected chi connectivity index (χ1v) is 6.15. The van der Waals surface area contributed by atoms with E-state index in [9.17, 15) is 0 Å². The molecular formula is C14H16N2. The highest BCUT2D eigenvalue weighted by atomic mass is 14.9. The van der Waals surface area contributed by atoms with Crippen LogP contribution in [0.5, 0.6) is 0 Å². The van der Waals surface area contributed by atoms with Crippen LogP contribution in [-0.4, -0.2) is 12.6 Å². The van der Waals surface area contributed by atoms with E-state index in [1.165, 1.54) is 30.4 Å². The van der Waals surface area contributed by atoms with E-state index < -0.39 is 0 Å². The number of nitrogens with one attached hydrogen (secondary N) is 1. The fourth-order valence-electron chi connectivity index (χ4n) is 3.18. The van der Waals surface area contributed by atoms with Gasteiger partial charge in [-0.2, -0.15) is 5.26 Å². The lowest BCUT2D eigenvalue weighted by atomic mass is 9.75. The van der Waals surface area contributed by atoms with Crippen molar-refractivity contribution in [2.45, 2.75) is 37.6 Å². The summed E-state index contributed by atoms with van der Waals surface area (Å²) in [7, 11) is 0. The summed E-state index contributed by atoms with van der Waals surface area (Å²) >= 11 is 0. The van der Waals surface area contributed by atoms with Gasteiger partial charge in [-0.25, -0.2) is 0 Å². The molecule has 0 saturated carbocycles. The van der Waals surface area contributed by atoms with Crippen LogP contribution in [0.4, 0.5) is 0 Å². The molecule has 1 saturated heterocycles. The molecule has 1 aliphatic heterocycles. The van der Waals surface area contributed by atoms with Gasteiger partial charge >= 0.3 is 0 Å². The summed E-state index contributed by atoms with van der Waals surface area (Å²) < 4.78 is 0. The van der Waals surface area contributed by atoms with E-state index in [2.05, 4.69) is 23.5 Å². The second kappa shape index (κ2) is 3.92. The van der Waals surface area contributed by atoms with Gasteiger partial charge in [-0.1, -0.05) is 6.07 Å². The molecule has 1 aliphatic carbocycles. The van der Waals surface area contributed by atoms with E-state index in [1.54, 1.807) is 0 Å². The normalized spacial score (nSPS) is 27.7. The fraction of sp³-hybridized carbons (Fsp3) is 0.500. The highest BCUT2D eigenvalue weighted by molar-refractivity contribution is 5.42. The van der Waals surface area contributed by atoms with Crippen molar-refractivity contribution in [3.63, 3.8) is 0 Å². The number of hydrogen-bond acceptors (Lipinski definition) is 2. The van der Waals surface area contributed by atoms with Crippen molar-refractivity contribution in [2.75, 3.05) is 6.54 Å². The lowest BCUT2D eigenvalue weighted by molar-refractivity contribution is 0.319. The molecule has 2 atom stereocenters. The average Bonchev–Trinajstić information content (AvgIpc) is 2.38. The van der Waals surface area contributed by atoms with Gasteiger partial charge in [-0.05, 0) is 61.4 Å². The summed E-state index contributed by atoms with van der Waals surface area (Å²) in [5.74, 6) is 0.644. The van der Waals surface area contributed by atoms with Crippen molar-refractivity contribution in [3.05, 3.63) is 34.9 Å². The van der Waals surface area contributed by atoms with Gasteiger partial charge < -0.3 is 5.32 Å². The summed E-state index contributed by atoms with van der Waals surface area (Å²) in [6.45, 7) is 1.16. The molecule has 0 amide bonds. The smallest absolute Gasteiger partial charge is 0.0991 e. The molecule has 0 aromatic heterocycles. The number of nitriles is 1. The SMILES string of the molecule is N#Cc1ccc2c(c1)[C@H]1CCCN[C@H]1CC2. The first-order chi connectivity index (χ1) is 7.88. The van der Waals surface area contributed by atoms with Crippen LogP contribution < -0.4 is 5.32 Å². The second-order valence-corrected chi connectivity index (χ2v) is 4.87. The first-order valence-electron chi connectivity index (χ1n) is 6.15. The molecule has 0 bridgehead atoms. The fourth-order valence-corrected chi connectivity index (χ4v) is 3.18. The maximum atomic E-state index is 8.97. The van der Waals surface area contributed by atoms with Gasteiger partial charge in [0.15, 0.2) is 0 Å². The van der Waals surface area contributed by atoms with E-state index in [0.717, 1.165) is 18.5 Å². The minimum Gasteiger partial charge on any atom is -0.313 e. The summed E-state index contributed by atoms with van der Waals surface area (Å²) in [5.41, 5.74) is 3.71. The van der Waals surface area contributed by atoms with Crippen LogP contribution in [0, 0.1) is 11.3 Å². The highest BCUT2D eigenvalue weighted by Crippen LogP contribution is 2.37. The molecule has 1 heterocycles. The van der Waals surface area contributed by atoms with Gasteiger partial charge in [0, 0.05) is 6.04 Å². The zero-order chi connectivity index (χ0) is 11.0. The molecule has 1 aromatic carbocycles. The van der Waals surface area contributed by atoms with Gasteiger partial charge in [0.1, 0.15) is 0 Å². The van der Waals surface area contributed by atoms with Gasteiger partial charge in [0.2, 0.25) is 0 Å². The van der Waals surface area contributed by atoms with Crippen LogP contribution in [-0.2, 0) is 6.42 Å². The predicted molar refractivity (Wildman–Crippen MR) is 63.2 cm³/mol. The van der Waals surface area contributed by atoms with E-state index in [4.69, 9.17) is 5.26 Å². The Bertz CT molecular complexity index is 445. The maximum Gasteiger partial charge on any atom is 0.0991 e. The third-order valence-corrected chi connectivity index (χ3v) is 3.98. The van der Waals surface area contributed by atoms with Gasteiger partial charge in [0.05, 0.1) is 11.6 Å². The summed E-state index contributed by atoms with van der Waals surface area (Å²) in [6.07, 6.45) is 4.95. The summed E-state index contributed by atoms with van der Waals surface area (Å²) in [5, 5.41) is 12.6. The monoisotopic (exact) mass is 212 g/mol. The lowest BCUT2D eigenvalue weighted by Crippen LogP contribution is -2.42. The molecule has 0 spiro atoms. The predicted octanol–water partition coefficient (Wildman–Crippen LogP) is 2.34. The number of rotatable bonds is 0. The molecule has 16 heavy (non-hydrogen) atoms. The number of piperidine rings is 1. The lowest BCUT2D eigenvalue weighted by Gasteiger charge is -2.38. The third kappa shape index (κ3) is 1.52. The highest BCUT2D eigenvalue weighted by Gasteiger charge is 2.31. The molecule has 2 heteroatoms. The molecule has 1 aromatic rings. The summed E-state index contributed by atoms with van der Waals surface area (Å²) in [4.78, 5) is 0. The van der Waals surface area contributed by atoms with E-state index in [1.807, 2.05) is 6.07 Å². The van der Waals surface area contributed by atoms with Crippen LogP contribution in [0.15, 0.2) is 18.2 Å². The Hall–Kier alpha value is -1.33. The molecule has 0 unspecified atom stereocenters. The molecule has 1 fully saturated rings.